The molecule has 0 spiro atoms. The van der Waals surface area contributed by atoms with E-state index in [2.05, 4.69) is 10.3 Å². The van der Waals surface area contributed by atoms with Gasteiger partial charge in [0.1, 0.15) is 11.4 Å². The molecule has 1 fully saturated rings. The average Bonchev–Trinajstić information content (AvgIpc) is 3.29. The second-order valence-corrected chi connectivity index (χ2v) is 9.78. The summed E-state index contributed by atoms with van der Waals surface area (Å²) >= 11 is 0. The molecule has 0 radical (unpaired) electrons. The fourth-order valence-electron chi connectivity index (χ4n) is 4.71. The molecule has 2 aromatic carbocycles. The number of fused-ring (bicyclic) bond motifs is 1. The van der Waals surface area contributed by atoms with Gasteiger partial charge in [0.05, 0.1) is 16.9 Å². The summed E-state index contributed by atoms with van der Waals surface area (Å²) in [4.78, 5) is 44.1. The Morgan fingerprint density at radius 1 is 0.929 bits per heavy atom. The minimum absolute atomic E-state index is 0.0688. The van der Waals surface area contributed by atoms with Crippen molar-refractivity contribution in [3.8, 4) is 11.6 Å². The molecule has 5 rings (SSSR count). The number of anilines is 1. The zero-order valence-electron chi connectivity index (χ0n) is 22.6. The summed E-state index contributed by atoms with van der Waals surface area (Å²) in [5, 5.41) is 12.6. The molecule has 1 aliphatic rings. The first-order valence-corrected chi connectivity index (χ1v) is 12.9. The number of carbonyl (C=O) groups excluding carboxylic acids is 2. The van der Waals surface area contributed by atoms with Gasteiger partial charge in [0.2, 0.25) is 5.88 Å². The minimum Gasteiger partial charge on any atom is -0.465 e. The van der Waals surface area contributed by atoms with E-state index in [4.69, 9.17) is 9.84 Å². The van der Waals surface area contributed by atoms with Crippen LogP contribution in [0.15, 0.2) is 60.7 Å². The summed E-state index contributed by atoms with van der Waals surface area (Å²) in [5.41, 5.74) is 1.31. The topological polar surface area (TPSA) is 117 Å². The SMILES string of the molecule is Cc1nc(Oc2ccc3c(c2)cc(C(=O)N2CCN(C(=O)O)CC2)n3C)ccc1NC(=O)c1ccc(C(F)(F)F)cc1. The summed E-state index contributed by atoms with van der Waals surface area (Å²) in [6.07, 6.45) is -5.49. The zero-order valence-corrected chi connectivity index (χ0v) is 22.6. The first-order valence-electron chi connectivity index (χ1n) is 12.9. The number of hydrogen-bond donors (Lipinski definition) is 2. The monoisotopic (exact) mass is 581 g/mol. The predicted octanol–water partition coefficient (Wildman–Crippen LogP) is 5.38. The number of nitrogens with one attached hydrogen (secondary N) is 1. The van der Waals surface area contributed by atoms with Gasteiger partial charge >= 0.3 is 12.3 Å². The van der Waals surface area contributed by atoms with Gasteiger partial charge in [-0.15, -0.1) is 0 Å². The largest absolute Gasteiger partial charge is 0.465 e. The van der Waals surface area contributed by atoms with Crippen LogP contribution in [0.2, 0.25) is 0 Å². The van der Waals surface area contributed by atoms with Crippen LogP contribution in [0, 0.1) is 6.92 Å². The molecule has 0 unspecified atom stereocenters. The summed E-state index contributed by atoms with van der Waals surface area (Å²) in [5.74, 6) is -0.0445. The van der Waals surface area contributed by atoms with Crippen molar-refractivity contribution in [2.45, 2.75) is 13.1 Å². The van der Waals surface area contributed by atoms with Crippen molar-refractivity contribution in [1.29, 1.82) is 0 Å². The number of alkyl halides is 3. The molecule has 1 saturated heterocycles. The number of carbonyl (C=O) groups is 3. The van der Waals surface area contributed by atoms with Gasteiger partial charge in [0.25, 0.3) is 11.8 Å². The van der Waals surface area contributed by atoms with Crippen LogP contribution in [0.1, 0.15) is 32.1 Å². The lowest BCUT2D eigenvalue weighted by molar-refractivity contribution is -0.137. The third kappa shape index (κ3) is 5.85. The van der Waals surface area contributed by atoms with E-state index in [0.717, 1.165) is 35.2 Å². The van der Waals surface area contributed by atoms with E-state index < -0.39 is 23.7 Å². The smallest absolute Gasteiger partial charge is 0.416 e. The second-order valence-electron chi connectivity index (χ2n) is 9.78. The van der Waals surface area contributed by atoms with Gasteiger partial charge in [0, 0.05) is 55.8 Å². The highest BCUT2D eigenvalue weighted by Crippen LogP contribution is 2.30. The maximum atomic E-state index is 13.2. The highest BCUT2D eigenvalue weighted by molar-refractivity contribution is 6.04. The first-order chi connectivity index (χ1) is 19.9. The van der Waals surface area contributed by atoms with Crippen LogP contribution < -0.4 is 10.1 Å². The lowest BCUT2D eigenvalue weighted by Crippen LogP contribution is -2.50. The van der Waals surface area contributed by atoms with Crippen LogP contribution >= 0.6 is 0 Å². The molecule has 4 aromatic rings. The molecule has 0 atom stereocenters. The summed E-state index contributed by atoms with van der Waals surface area (Å²) < 4.78 is 46.1. The molecule has 3 heterocycles. The van der Waals surface area contributed by atoms with E-state index in [1.165, 1.54) is 4.90 Å². The molecule has 0 bridgehead atoms. The van der Waals surface area contributed by atoms with E-state index in [-0.39, 0.29) is 30.4 Å². The lowest BCUT2D eigenvalue weighted by atomic mass is 10.1. The van der Waals surface area contributed by atoms with Crippen LogP contribution in [0.5, 0.6) is 11.6 Å². The van der Waals surface area contributed by atoms with Gasteiger partial charge < -0.3 is 29.5 Å². The Hall–Kier alpha value is -5.07. The number of rotatable bonds is 5. The Kier molecular flexibility index (Phi) is 7.50. The van der Waals surface area contributed by atoms with E-state index in [0.29, 0.717) is 35.9 Å². The van der Waals surface area contributed by atoms with Crippen molar-refractivity contribution in [2.75, 3.05) is 31.5 Å². The Balaban J connectivity index is 1.26. The molecule has 218 valence electrons. The van der Waals surface area contributed by atoms with E-state index >= 15 is 0 Å². The minimum atomic E-state index is -4.49. The molecule has 1 aliphatic heterocycles. The highest BCUT2D eigenvalue weighted by atomic mass is 19.4. The van der Waals surface area contributed by atoms with Crippen LogP contribution in [0.4, 0.5) is 23.7 Å². The number of halogens is 3. The molecule has 10 nitrogen and oxygen atoms in total. The fraction of sp³-hybridized carbons (Fsp3) is 0.241. The Labute approximate surface area is 237 Å². The number of benzene rings is 2. The van der Waals surface area contributed by atoms with Crippen molar-refractivity contribution in [2.24, 2.45) is 7.05 Å². The molecular weight excluding hydrogens is 555 g/mol. The zero-order chi connectivity index (χ0) is 30.2. The molecule has 3 amide bonds. The molecule has 13 heteroatoms. The van der Waals surface area contributed by atoms with Crippen molar-refractivity contribution >= 4 is 34.5 Å². The van der Waals surface area contributed by atoms with Crippen LogP contribution in [0.3, 0.4) is 0 Å². The molecule has 2 N–H and O–H groups in total. The Bertz CT molecular complexity index is 1680. The van der Waals surface area contributed by atoms with Gasteiger partial charge in [0.15, 0.2) is 0 Å². The molecule has 42 heavy (non-hydrogen) atoms. The molecule has 0 saturated carbocycles. The predicted molar refractivity (Wildman–Crippen MR) is 147 cm³/mol. The number of piperazine rings is 1. The maximum absolute atomic E-state index is 13.2. The van der Waals surface area contributed by atoms with Crippen LogP contribution in [0.25, 0.3) is 10.9 Å². The number of pyridine rings is 1. The van der Waals surface area contributed by atoms with Gasteiger partial charge in [-0.3, -0.25) is 9.59 Å². The second kappa shape index (κ2) is 11.1. The maximum Gasteiger partial charge on any atom is 0.416 e. The summed E-state index contributed by atoms with van der Waals surface area (Å²) in [6, 6.07) is 14.1. The summed E-state index contributed by atoms with van der Waals surface area (Å²) in [6.45, 7) is 2.79. The third-order valence-electron chi connectivity index (χ3n) is 7.08. The number of carboxylic acid groups (broad SMARTS) is 1. The van der Waals surface area contributed by atoms with Crippen molar-refractivity contribution < 1.29 is 37.4 Å². The third-order valence-corrected chi connectivity index (χ3v) is 7.08. The van der Waals surface area contributed by atoms with Crippen molar-refractivity contribution in [1.82, 2.24) is 19.4 Å². The van der Waals surface area contributed by atoms with Gasteiger partial charge in [-0.25, -0.2) is 9.78 Å². The van der Waals surface area contributed by atoms with E-state index in [1.807, 2.05) is 6.07 Å². The highest BCUT2D eigenvalue weighted by Gasteiger charge is 2.30. The number of amides is 3. The Morgan fingerprint density at radius 2 is 1.60 bits per heavy atom. The van der Waals surface area contributed by atoms with Crippen LogP contribution in [-0.2, 0) is 13.2 Å². The summed E-state index contributed by atoms with van der Waals surface area (Å²) in [7, 11) is 1.78. The number of aromatic nitrogens is 2. The van der Waals surface area contributed by atoms with Gasteiger partial charge in [-0.2, -0.15) is 13.2 Å². The normalized spacial score (nSPS) is 13.7. The number of ether oxygens (including phenoxy) is 1. The first kappa shape index (κ1) is 28.5. The quantitative estimate of drug-likeness (QED) is 0.327. The number of aryl methyl sites for hydroxylation is 2. The van der Waals surface area contributed by atoms with Crippen molar-refractivity contribution in [3.63, 3.8) is 0 Å². The lowest BCUT2D eigenvalue weighted by Gasteiger charge is -2.33. The molecular formula is C29H26F3N5O5. The number of nitrogens with zero attached hydrogens (tertiary/aromatic N) is 4. The van der Waals surface area contributed by atoms with Gasteiger partial charge in [-0.05, 0) is 61.5 Å². The van der Waals surface area contributed by atoms with Crippen molar-refractivity contribution in [3.05, 3.63) is 83.2 Å². The average molecular weight is 582 g/mol. The van der Waals surface area contributed by atoms with Crippen LogP contribution in [-0.4, -0.2) is 68.5 Å². The Morgan fingerprint density at radius 3 is 2.21 bits per heavy atom. The fourth-order valence-corrected chi connectivity index (χ4v) is 4.71. The van der Waals surface area contributed by atoms with E-state index in [9.17, 15) is 27.6 Å². The molecule has 2 aromatic heterocycles. The molecule has 0 aliphatic carbocycles. The van der Waals surface area contributed by atoms with Gasteiger partial charge in [-0.1, -0.05) is 0 Å². The number of hydrogen-bond acceptors (Lipinski definition) is 5. The van der Waals surface area contributed by atoms with E-state index in [1.54, 1.807) is 53.8 Å². The standard InChI is InChI=1S/C29H26F3N5O5/c1-17-22(34-26(38)18-3-5-20(6-4-18)29(30,31)32)8-10-25(33-17)42-21-7-9-23-19(15-21)16-24(35(23)2)27(39)36-11-13-37(14-12-36)28(40)41/h3-10,15-16H,11-14H2,1-2H3,(H,34,38)(H,40,41).